The molecule has 2 heterocycles. The Labute approximate surface area is 133 Å². The van der Waals surface area contributed by atoms with Crippen LogP contribution < -0.4 is 10.2 Å². The fourth-order valence-electron chi connectivity index (χ4n) is 1.94. The number of aromatic nitrogens is 1. The Morgan fingerprint density at radius 1 is 1.43 bits per heavy atom. The monoisotopic (exact) mass is 321 g/mol. The third-order valence-corrected chi connectivity index (χ3v) is 2.97. The number of nitrogens with zero attached hydrogens (tertiary/aromatic N) is 2. The largest absolute Gasteiger partial charge is 0.476 e. The molecule has 0 aliphatic carbocycles. The van der Waals surface area contributed by atoms with Crippen molar-refractivity contribution in [3.8, 4) is 0 Å². The summed E-state index contributed by atoms with van der Waals surface area (Å²) in [6.07, 6.45) is 5.60. The molecule has 0 radical (unpaired) electrons. The predicted octanol–water partition coefficient (Wildman–Crippen LogP) is 2.50. The first-order chi connectivity index (χ1) is 10.7. The average Bonchev–Trinajstić information content (AvgIpc) is 2.88. The summed E-state index contributed by atoms with van der Waals surface area (Å²) in [4.78, 5) is 28.3. The number of oxazole rings is 1. The smallest absolute Gasteiger partial charge is 0.411 e. The number of carbonyl (C=O) groups excluding carboxylic acids is 1. The van der Waals surface area contributed by atoms with Crippen LogP contribution in [0.4, 0.5) is 10.8 Å². The van der Waals surface area contributed by atoms with Crippen LogP contribution >= 0.6 is 0 Å². The molecule has 1 aromatic heterocycles. The molecule has 1 aliphatic heterocycles. The van der Waals surface area contributed by atoms with Crippen molar-refractivity contribution in [2.45, 2.75) is 39.3 Å². The van der Waals surface area contributed by atoms with Gasteiger partial charge in [-0.25, -0.2) is 9.59 Å². The minimum atomic E-state index is -1.17. The van der Waals surface area contributed by atoms with E-state index in [2.05, 4.69) is 10.3 Å². The zero-order chi connectivity index (χ0) is 17.2. The highest BCUT2D eigenvalue weighted by molar-refractivity contribution is 5.85. The number of alkyl carbamates (subject to hydrolysis) is 1. The summed E-state index contributed by atoms with van der Waals surface area (Å²) in [5.41, 5.74) is -0.203. The molecule has 8 nitrogen and oxygen atoms in total. The average molecular weight is 321 g/mol. The van der Waals surface area contributed by atoms with Crippen LogP contribution in [0.1, 0.15) is 38.2 Å². The maximum Gasteiger partial charge on any atom is 0.411 e. The molecular weight excluding hydrogens is 302 g/mol. The fourth-order valence-corrected chi connectivity index (χ4v) is 1.94. The number of nitrogens with one attached hydrogen (secondary N) is 1. The summed E-state index contributed by atoms with van der Waals surface area (Å²) in [5, 5.41) is 11.6. The lowest BCUT2D eigenvalue weighted by Crippen LogP contribution is -2.41. The van der Waals surface area contributed by atoms with Crippen LogP contribution in [-0.2, 0) is 4.74 Å². The van der Waals surface area contributed by atoms with Gasteiger partial charge in [0, 0.05) is 11.9 Å². The lowest BCUT2D eigenvalue weighted by Gasteiger charge is -2.29. The van der Waals surface area contributed by atoms with Crippen LogP contribution in [0.25, 0.3) is 0 Å². The van der Waals surface area contributed by atoms with E-state index in [1.165, 1.54) is 0 Å². The van der Waals surface area contributed by atoms with Gasteiger partial charge in [-0.3, -0.25) is 10.2 Å². The number of allylic oxidation sites excluding steroid dienone is 2. The van der Waals surface area contributed by atoms with Gasteiger partial charge in [0.15, 0.2) is 5.69 Å². The number of ether oxygens (including phenoxy) is 1. The number of hydrogen-bond acceptors (Lipinski definition) is 6. The lowest BCUT2D eigenvalue weighted by molar-refractivity contribution is 0.0542. The van der Waals surface area contributed by atoms with Crippen LogP contribution in [0, 0.1) is 0 Å². The van der Waals surface area contributed by atoms with Gasteiger partial charge in [-0.1, -0.05) is 0 Å². The highest BCUT2D eigenvalue weighted by Gasteiger charge is 2.26. The Morgan fingerprint density at radius 3 is 2.70 bits per heavy atom. The molecule has 0 bridgehead atoms. The van der Waals surface area contributed by atoms with E-state index < -0.39 is 17.7 Å². The van der Waals surface area contributed by atoms with Crippen molar-refractivity contribution in [3.63, 3.8) is 0 Å². The molecule has 0 unspecified atom stereocenters. The second-order valence-corrected chi connectivity index (χ2v) is 5.99. The molecule has 0 saturated heterocycles. The number of anilines is 1. The maximum absolute atomic E-state index is 11.9. The summed E-state index contributed by atoms with van der Waals surface area (Å²) >= 11 is 0. The highest BCUT2D eigenvalue weighted by atomic mass is 16.6. The van der Waals surface area contributed by atoms with Gasteiger partial charge in [-0.15, -0.1) is 0 Å². The number of aromatic carboxylic acids is 1. The molecule has 23 heavy (non-hydrogen) atoms. The second-order valence-electron chi connectivity index (χ2n) is 5.99. The molecule has 2 rings (SSSR count). The standard InChI is InChI=1S/C15H19N3O5/c1-9-10(17-14(21)23-15(2,3)4)6-5-7-18(9)13-16-11(8-22-13)12(19)20/h5-9H,1-4H3,(H,17,21)(H,19,20)/t9-/m0/s1. The number of carboxylic acids is 1. The van der Waals surface area contributed by atoms with Gasteiger partial charge in [0.25, 0.3) is 0 Å². The Morgan fingerprint density at radius 2 is 2.13 bits per heavy atom. The number of hydrogen-bond donors (Lipinski definition) is 2. The Kier molecular flexibility index (Phi) is 4.44. The van der Waals surface area contributed by atoms with Gasteiger partial charge in [0.1, 0.15) is 11.9 Å². The molecule has 8 heteroatoms. The molecule has 0 fully saturated rings. The number of rotatable bonds is 3. The SMILES string of the molecule is C[C@H]1C(NC(=O)OC(C)(C)C)=CC=CN1c1nc(C(=O)O)co1. The van der Waals surface area contributed by atoms with Crippen molar-refractivity contribution in [2.75, 3.05) is 4.90 Å². The normalized spacial score (nSPS) is 17.7. The Balaban J connectivity index is 2.10. The second kappa shape index (κ2) is 6.15. The summed E-state index contributed by atoms with van der Waals surface area (Å²) in [7, 11) is 0. The molecule has 1 aliphatic rings. The van der Waals surface area contributed by atoms with Gasteiger partial charge in [-0.2, -0.15) is 4.98 Å². The molecule has 0 aromatic carbocycles. The van der Waals surface area contributed by atoms with Crippen molar-refractivity contribution < 1.29 is 23.8 Å². The van der Waals surface area contributed by atoms with E-state index in [1.54, 1.807) is 44.0 Å². The van der Waals surface area contributed by atoms with Gasteiger partial charge in [0.2, 0.25) is 0 Å². The topological polar surface area (TPSA) is 105 Å². The highest BCUT2D eigenvalue weighted by Crippen LogP contribution is 2.23. The van der Waals surface area contributed by atoms with Crippen LogP contribution in [0.15, 0.2) is 34.7 Å². The zero-order valence-corrected chi connectivity index (χ0v) is 13.4. The first-order valence-electron chi connectivity index (χ1n) is 7.03. The van der Waals surface area contributed by atoms with Crippen molar-refractivity contribution >= 4 is 18.1 Å². The summed E-state index contributed by atoms with van der Waals surface area (Å²) in [6, 6.07) is -0.185. The Hall–Kier alpha value is -2.77. The van der Waals surface area contributed by atoms with Gasteiger partial charge in [-0.05, 0) is 39.8 Å². The molecule has 1 amide bonds. The van der Waals surface area contributed by atoms with E-state index in [0.717, 1.165) is 6.26 Å². The maximum atomic E-state index is 11.9. The molecule has 0 spiro atoms. The van der Waals surface area contributed by atoms with Crippen LogP contribution in [0.3, 0.4) is 0 Å². The van der Waals surface area contributed by atoms with Gasteiger partial charge >= 0.3 is 18.1 Å². The molecule has 2 N–H and O–H groups in total. The predicted molar refractivity (Wildman–Crippen MR) is 82.0 cm³/mol. The number of carbonyl (C=O) groups is 2. The fraction of sp³-hybridized carbons (Fsp3) is 0.400. The van der Waals surface area contributed by atoms with Crippen molar-refractivity contribution in [3.05, 3.63) is 36.0 Å². The van der Waals surface area contributed by atoms with E-state index >= 15 is 0 Å². The minimum absolute atomic E-state index is 0.128. The molecule has 124 valence electrons. The summed E-state index contributed by atoms with van der Waals surface area (Å²) < 4.78 is 10.4. The third kappa shape index (κ3) is 4.12. The number of amides is 1. The van der Waals surface area contributed by atoms with E-state index in [0.29, 0.717) is 5.70 Å². The van der Waals surface area contributed by atoms with E-state index in [9.17, 15) is 9.59 Å². The molecule has 1 atom stereocenters. The minimum Gasteiger partial charge on any atom is -0.476 e. The van der Waals surface area contributed by atoms with E-state index in [-0.39, 0.29) is 17.8 Å². The van der Waals surface area contributed by atoms with E-state index in [4.69, 9.17) is 14.3 Å². The summed E-state index contributed by atoms with van der Waals surface area (Å²) in [5.74, 6) is -1.17. The van der Waals surface area contributed by atoms with Crippen molar-refractivity contribution in [2.24, 2.45) is 0 Å². The van der Waals surface area contributed by atoms with Crippen molar-refractivity contribution in [1.82, 2.24) is 10.3 Å². The first-order valence-corrected chi connectivity index (χ1v) is 7.03. The van der Waals surface area contributed by atoms with E-state index in [1.807, 2.05) is 6.92 Å². The van der Waals surface area contributed by atoms with Gasteiger partial charge in [0.05, 0.1) is 6.04 Å². The molecular formula is C15H19N3O5. The third-order valence-electron chi connectivity index (χ3n) is 2.97. The van der Waals surface area contributed by atoms with Crippen LogP contribution in [0.2, 0.25) is 0 Å². The van der Waals surface area contributed by atoms with Crippen LogP contribution in [-0.4, -0.2) is 33.8 Å². The number of carboxylic acid groups (broad SMARTS) is 1. The van der Waals surface area contributed by atoms with Crippen LogP contribution in [0.5, 0.6) is 0 Å². The molecule has 0 saturated carbocycles. The quantitative estimate of drug-likeness (QED) is 0.881. The Bertz CT molecular complexity index is 669. The lowest BCUT2D eigenvalue weighted by atomic mass is 10.1. The zero-order valence-electron chi connectivity index (χ0n) is 13.4. The van der Waals surface area contributed by atoms with Crippen molar-refractivity contribution in [1.29, 1.82) is 0 Å². The van der Waals surface area contributed by atoms with Gasteiger partial charge < -0.3 is 14.3 Å². The first kappa shape index (κ1) is 16.6. The summed E-state index contributed by atoms with van der Waals surface area (Å²) in [6.45, 7) is 7.14. The molecule has 1 aromatic rings.